The van der Waals surface area contributed by atoms with E-state index in [1.165, 1.54) is 23.6 Å². The second-order valence-electron chi connectivity index (χ2n) is 3.69. The lowest BCUT2D eigenvalue weighted by Crippen LogP contribution is -2.42. The fourth-order valence-corrected chi connectivity index (χ4v) is 1.56. The van der Waals surface area contributed by atoms with E-state index in [0.717, 1.165) is 6.07 Å². The highest BCUT2D eigenvalue weighted by Crippen LogP contribution is 2.29. The highest BCUT2D eigenvalue weighted by Gasteiger charge is 2.40. The minimum Gasteiger partial charge on any atom is -0.289 e. The van der Waals surface area contributed by atoms with E-state index in [1.807, 2.05) is 0 Å². The van der Waals surface area contributed by atoms with Gasteiger partial charge >= 0.3 is 11.8 Å². The van der Waals surface area contributed by atoms with Crippen molar-refractivity contribution in [2.75, 3.05) is 0 Å². The largest absolute Gasteiger partial charge is 0.351 e. The van der Waals surface area contributed by atoms with Crippen LogP contribution in [0.2, 0.25) is 0 Å². The van der Waals surface area contributed by atoms with Gasteiger partial charge in [0.05, 0.1) is 5.52 Å². The molecule has 0 aliphatic carbocycles. The average molecular weight is 247 g/mol. The van der Waals surface area contributed by atoms with E-state index in [2.05, 4.69) is 4.98 Å². The summed E-state index contributed by atoms with van der Waals surface area (Å²) in [7, 11) is 5.48. The summed E-state index contributed by atoms with van der Waals surface area (Å²) < 4.78 is 27.2. The molecule has 0 aliphatic rings. The second-order valence-corrected chi connectivity index (χ2v) is 3.69. The number of halogens is 2. The van der Waals surface area contributed by atoms with E-state index in [9.17, 15) is 13.6 Å². The molecule has 0 unspecified atom stereocenters. The van der Waals surface area contributed by atoms with Crippen molar-refractivity contribution < 1.29 is 13.6 Å². The Balaban J connectivity index is 2.54. The summed E-state index contributed by atoms with van der Waals surface area (Å²) in [4.78, 5) is 15.0. The number of benzene rings is 1. The monoisotopic (exact) mass is 247 g/mol. The molecule has 1 aromatic heterocycles. The number of alkyl halides is 2. The van der Waals surface area contributed by atoms with Crippen LogP contribution in [0.15, 0.2) is 30.3 Å². The molecule has 0 atom stereocenters. The van der Waals surface area contributed by atoms with Gasteiger partial charge in [-0.05, 0) is 17.7 Å². The van der Waals surface area contributed by atoms with E-state index in [4.69, 9.17) is 13.7 Å². The van der Waals surface area contributed by atoms with E-state index in [0.29, 0.717) is 16.5 Å². The van der Waals surface area contributed by atoms with Gasteiger partial charge in [-0.2, -0.15) is 8.78 Å². The van der Waals surface area contributed by atoms with Crippen LogP contribution in [0.5, 0.6) is 0 Å². The van der Waals surface area contributed by atoms with Gasteiger partial charge in [-0.3, -0.25) is 15.2 Å². The first kappa shape index (κ1) is 12.4. The van der Waals surface area contributed by atoms with E-state index in [1.54, 1.807) is 6.07 Å². The Hall–Kier alpha value is -2.02. The fourth-order valence-electron chi connectivity index (χ4n) is 1.56. The third-order valence-electron chi connectivity index (χ3n) is 2.49. The van der Waals surface area contributed by atoms with Crippen LogP contribution in [0.3, 0.4) is 0 Å². The quantitative estimate of drug-likeness (QED) is 0.342. The van der Waals surface area contributed by atoms with E-state index < -0.39 is 17.4 Å². The van der Waals surface area contributed by atoms with Crippen molar-refractivity contribution in [1.82, 2.24) is 10.4 Å². The van der Waals surface area contributed by atoms with Gasteiger partial charge in [-0.25, -0.2) is 5.84 Å². The molecule has 1 amide bonds. The highest BCUT2D eigenvalue weighted by molar-refractivity contribution is 6.31. The Morgan fingerprint density at radius 1 is 1.33 bits per heavy atom. The van der Waals surface area contributed by atoms with Gasteiger partial charge < -0.3 is 0 Å². The molecule has 90 valence electrons. The smallest absolute Gasteiger partial charge is 0.289 e. The Labute approximate surface area is 103 Å². The van der Waals surface area contributed by atoms with Crippen LogP contribution < -0.4 is 16.9 Å². The number of hydrazine groups is 1. The molecule has 0 fully saturated rings. The molecule has 0 bridgehead atoms. The average Bonchev–Trinajstić information content (AvgIpc) is 2.36. The lowest BCUT2D eigenvalue weighted by molar-refractivity contribution is -0.147. The third kappa shape index (κ3) is 2.04. The maximum Gasteiger partial charge on any atom is 0.351 e. The number of hydrogen-bond donors (Lipinski definition) is 2. The minimum atomic E-state index is -3.69. The molecular weight excluding hydrogens is 239 g/mol. The topological polar surface area (TPSA) is 68.0 Å². The predicted molar refractivity (Wildman–Crippen MR) is 63.4 cm³/mol. The lowest BCUT2D eigenvalue weighted by atomic mass is 10.0. The summed E-state index contributed by atoms with van der Waals surface area (Å²) in [6, 6.07) is 6.71. The maximum absolute atomic E-state index is 13.6. The number of amides is 1. The highest BCUT2D eigenvalue weighted by atomic mass is 19.3. The van der Waals surface area contributed by atoms with Crippen LogP contribution >= 0.6 is 0 Å². The molecular formula is C11H8BF2N3O. The minimum absolute atomic E-state index is 0.293. The first-order valence-electron chi connectivity index (χ1n) is 5.01. The molecule has 2 aromatic rings. The van der Waals surface area contributed by atoms with Crippen molar-refractivity contribution >= 4 is 30.2 Å². The molecule has 0 saturated carbocycles. The van der Waals surface area contributed by atoms with Gasteiger partial charge in [0.25, 0.3) is 0 Å². The van der Waals surface area contributed by atoms with Crippen molar-refractivity contribution in [2.24, 2.45) is 5.84 Å². The number of aromatic nitrogens is 1. The number of carbonyl (C=O) groups is 1. The number of nitrogens with zero attached hydrogens (tertiary/aromatic N) is 1. The molecule has 0 spiro atoms. The first-order chi connectivity index (χ1) is 8.45. The van der Waals surface area contributed by atoms with Crippen LogP contribution in [-0.2, 0) is 10.7 Å². The molecule has 7 heteroatoms. The predicted octanol–water partition coefficient (Wildman–Crippen LogP) is 0.110. The van der Waals surface area contributed by atoms with Crippen LogP contribution in [0.4, 0.5) is 8.78 Å². The Morgan fingerprint density at radius 2 is 2.06 bits per heavy atom. The summed E-state index contributed by atoms with van der Waals surface area (Å²) in [5.74, 6) is -0.535. The van der Waals surface area contributed by atoms with Crippen molar-refractivity contribution in [1.29, 1.82) is 0 Å². The van der Waals surface area contributed by atoms with Crippen LogP contribution in [-0.4, -0.2) is 18.7 Å². The number of fused-ring (bicyclic) bond motifs is 1. The summed E-state index contributed by atoms with van der Waals surface area (Å²) in [5.41, 5.74) is 1.75. The zero-order valence-corrected chi connectivity index (χ0v) is 9.15. The molecule has 1 aromatic carbocycles. The summed E-state index contributed by atoms with van der Waals surface area (Å²) >= 11 is 0. The fraction of sp³-hybridized carbons (Fsp3) is 0.0909. The lowest BCUT2D eigenvalue weighted by Gasteiger charge is -2.15. The molecule has 18 heavy (non-hydrogen) atoms. The number of nitrogens with two attached hydrogens (primary N) is 1. The molecule has 3 N–H and O–H groups in total. The Bertz CT molecular complexity index is 618. The zero-order chi connectivity index (χ0) is 13.3. The number of carbonyl (C=O) groups excluding carboxylic acids is 1. The van der Waals surface area contributed by atoms with Crippen LogP contribution in [0.25, 0.3) is 10.9 Å². The summed E-state index contributed by atoms with van der Waals surface area (Å²) in [6.45, 7) is 0. The van der Waals surface area contributed by atoms with Gasteiger partial charge in [0.15, 0.2) is 0 Å². The van der Waals surface area contributed by atoms with Gasteiger partial charge in [0, 0.05) is 10.9 Å². The van der Waals surface area contributed by atoms with Gasteiger partial charge in [-0.15, -0.1) is 0 Å². The molecule has 2 rings (SSSR count). The standard InChI is InChI=1S/C11H8BF2N3O/c12-9-4-1-6-5-7(2-3-8(6)16-9)11(13,14)10(18)17-15/h1-5H,15H2,(H,17,18). The maximum atomic E-state index is 13.6. The third-order valence-corrected chi connectivity index (χ3v) is 2.49. The van der Waals surface area contributed by atoms with Crippen LogP contribution in [0, 0.1) is 0 Å². The second kappa shape index (κ2) is 4.34. The van der Waals surface area contributed by atoms with Gasteiger partial charge in [-0.1, -0.05) is 18.2 Å². The summed E-state index contributed by atoms with van der Waals surface area (Å²) in [6.07, 6.45) is 0. The van der Waals surface area contributed by atoms with Crippen LogP contribution in [0.1, 0.15) is 5.56 Å². The summed E-state index contributed by atoms with van der Waals surface area (Å²) in [5, 5.41) is 0.464. The molecule has 2 radical (unpaired) electrons. The van der Waals surface area contributed by atoms with Crippen molar-refractivity contribution in [3.8, 4) is 0 Å². The van der Waals surface area contributed by atoms with E-state index in [-0.39, 0.29) is 0 Å². The van der Waals surface area contributed by atoms with Crippen molar-refractivity contribution in [3.63, 3.8) is 0 Å². The number of pyridine rings is 1. The van der Waals surface area contributed by atoms with E-state index >= 15 is 0 Å². The SMILES string of the molecule is [B]c1ccc2cc(C(F)(F)C(=O)NN)ccc2n1. The van der Waals surface area contributed by atoms with Crippen molar-refractivity contribution in [2.45, 2.75) is 5.92 Å². The normalized spacial score (nSPS) is 11.5. The number of rotatable bonds is 2. The van der Waals surface area contributed by atoms with Gasteiger partial charge in [0.1, 0.15) is 7.85 Å². The molecule has 0 saturated heterocycles. The molecule has 4 nitrogen and oxygen atoms in total. The van der Waals surface area contributed by atoms with Crippen molar-refractivity contribution in [3.05, 3.63) is 35.9 Å². The van der Waals surface area contributed by atoms with Gasteiger partial charge in [0.2, 0.25) is 0 Å². The molecule has 1 heterocycles. The Kier molecular flexibility index (Phi) is 3.00. The molecule has 0 aliphatic heterocycles. The zero-order valence-electron chi connectivity index (χ0n) is 9.15. The number of nitrogens with one attached hydrogen (secondary N) is 1. The first-order valence-corrected chi connectivity index (χ1v) is 5.01. The Morgan fingerprint density at radius 3 is 2.72 bits per heavy atom. The number of hydrogen-bond acceptors (Lipinski definition) is 3.